The maximum absolute atomic E-state index is 13.0. The van der Waals surface area contributed by atoms with Gasteiger partial charge in [-0.2, -0.15) is 0 Å². The van der Waals surface area contributed by atoms with E-state index in [1.807, 2.05) is 0 Å². The summed E-state index contributed by atoms with van der Waals surface area (Å²) in [4.78, 5) is 40.7. The minimum atomic E-state index is -0.470. The fourth-order valence-corrected chi connectivity index (χ4v) is 4.67. The average molecular weight is 427 g/mol. The average Bonchev–Trinajstić information content (AvgIpc) is 3.17. The Morgan fingerprint density at radius 3 is 2.63 bits per heavy atom. The zero-order chi connectivity index (χ0) is 21.3. The van der Waals surface area contributed by atoms with Crippen LogP contribution in [0.15, 0.2) is 40.8 Å². The fourth-order valence-electron chi connectivity index (χ4n) is 3.76. The molecule has 0 N–H and O–H groups in total. The molecule has 0 saturated heterocycles. The minimum Gasteiger partial charge on any atom is -0.461 e. The number of ether oxygens (including phenoxy) is 1. The third kappa shape index (κ3) is 4.11. The van der Waals surface area contributed by atoms with Crippen LogP contribution in [0.1, 0.15) is 32.6 Å². The molecule has 9 heteroatoms. The summed E-state index contributed by atoms with van der Waals surface area (Å²) in [5.41, 5.74) is 0.978. The third-order valence-corrected chi connectivity index (χ3v) is 6.40. The molecule has 2 aromatic heterocycles. The predicted molar refractivity (Wildman–Crippen MR) is 113 cm³/mol. The van der Waals surface area contributed by atoms with E-state index in [0.29, 0.717) is 27.3 Å². The van der Waals surface area contributed by atoms with E-state index in [9.17, 15) is 19.7 Å². The number of aromatic nitrogens is 2. The molecular formula is C21H21N3O5S. The molecule has 0 atom stereocenters. The van der Waals surface area contributed by atoms with E-state index in [2.05, 4.69) is 11.9 Å². The number of nitro groups is 1. The van der Waals surface area contributed by atoms with Gasteiger partial charge in [0.15, 0.2) is 0 Å². The largest absolute Gasteiger partial charge is 0.461 e. The number of thiophene rings is 1. The van der Waals surface area contributed by atoms with E-state index in [1.54, 1.807) is 17.5 Å². The molecule has 30 heavy (non-hydrogen) atoms. The first-order valence-electron chi connectivity index (χ1n) is 9.83. The van der Waals surface area contributed by atoms with Crippen molar-refractivity contribution >= 4 is 33.2 Å². The number of non-ortho nitro benzene ring substituents is 1. The Morgan fingerprint density at radius 1 is 1.27 bits per heavy atom. The Kier molecular flexibility index (Phi) is 5.63. The lowest BCUT2D eigenvalue weighted by Gasteiger charge is -2.26. The number of carbonyl (C=O) groups excluding carboxylic acids is 1. The monoisotopic (exact) mass is 427 g/mol. The zero-order valence-electron chi connectivity index (χ0n) is 16.4. The van der Waals surface area contributed by atoms with Gasteiger partial charge in [0.25, 0.3) is 11.2 Å². The maximum Gasteiger partial charge on any atom is 0.326 e. The Hall–Kier alpha value is -3.07. The SMILES string of the molecule is CC1CCC(OC(=O)Cn2cnc3scc(-c4ccc([N+](=O)[O-])cc4)c3c2=O)CC1. The Balaban J connectivity index is 1.57. The summed E-state index contributed by atoms with van der Waals surface area (Å²) in [6.07, 6.45) is 5.07. The van der Waals surface area contributed by atoms with E-state index in [1.165, 1.54) is 34.4 Å². The van der Waals surface area contributed by atoms with E-state index in [-0.39, 0.29) is 23.9 Å². The highest BCUT2D eigenvalue weighted by molar-refractivity contribution is 7.17. The van der Waals surface area contributed by atoms with Crippen LogP contribution in [-0.2, 0) is 16.1 Å². The molecule has 1 fully saturated rings. The Morgan fingerprint density at radius 2 is 1.97 bits per heavy atom. The first-order valence-corrected chi connectivity index (χ1v) is 10.7. The van der Waals surface area contributed by atoms with Crippen LogP contribution in [0, 0.1) is 16.0 Å². The molecule has 1 saturated carbocycles. The number of nitrogens with zero attached hydrogens (tertiary/aromatic N) is 3. The van der Waals surface area contributed by atoms with Gasteiger partial charge in [0, 0.05) is 23.1 Å². The second-order valence-corrected chi connectivity index (χ2v) is 8.54. The molecule has 1 aliphatic rings. The summed E-state index contributed by atoms with van der Waals surface area (Å²) in [7, 11) is 0. The van der Waals surface area contributed by atoms with E-state index < -0.39 is 10.9 Å². The molecule has 0 unspecified atom stereocenters. The predicted octanol–water partition coefficient (Wildman–Crippen LogP) is 4.16. The molecule has 2 heterocycles. The van der Waals surface area contributed by atoms with Gasteiger partial charge < -0.3 is 4.74 Å². The van der Waals surface area contributed by atoms with Gasteiger partial charge in [-0.3, -0.25) is 24.3 Å². The van der Waals surface area contributed by atoms with E-state index in [4.69, 9.17) is 4.74 Å². The quantitative estimate of drug-likeness (QED) is 0.344. The highest BCUT2D eigenvalue weighted by Crippen LogP contribution is 2.31. The van der Waals surface area contributed by atoms with Gasteiger partial charge in [-0.05, 0) is 49.3 Å². The standard InChI is InChI=1S/C21H21N3O5S/c1-13-2-8-16(9-3-13)29-18(25)10-23-12-22-20-19(21(23)26)17(11-30-20)14-4-6-15(7-5-14)24(27)28/h4-7,11-13,16H,2-3,8-10H2,1H3. The number of fused-ring (bicyclic) bond motifs is 1. The second-order valence-electron chi connectivity index (χ2n) is 7.68. The smallest absolute Gasteiger partial charge is 0.326 e. The van der Waals surface area contributed by atoms with E-state index >= 15 is 0 Å². The highest BCUT2D eigenvalue weighted by Gasteiger charge is 2.22. The van der Waals surface area contributed by atoms with Crippen molar-refractivity contribution in [1.29, 1.82) is 0 Å². The van der Waals surface area contributed by atoms with Gasteiger partial charge in [0.2, 0.25) is 0 Å². The number of hydrogen-bond donors (Lipinski definition) is 0. The summed E-state index contributed by atoms with van der Waals surface area (Å²) in [6, 6.07) is 6.01. The highest BCUT2D eigenvalue weighted by atomic mass is 32.1. The van der Waals surface area contributed by atoms with Gasteiger partial charge in [0.1, 0.15) is 17.5 Å². The van der Waals surface area contributed by atoms with Crippen molar-refractivity contribution in [2.75, 3.05) is 0 Å². The van der Waals surface area contributed by atoms with Crippen molar-refractivity contribution in [3.8, 4) is 11.1 Å². The van der Waals surface area contributed by atoms with Crippen LogP contribution in [0.4, 0.5) is 5.69 Å². The van der Waals surface area contributed by atoms with Gasteiger partial charge in [-0.1, -0.05) is 6.92 Å². The van der Waals surface area contributed by atoms with Crippen molar-refractivity contribution in [3.05, 3.63) is 56.4 Å². The number of nitro benzene ring substituents is 1. The summed E-state index contributed by atoms with van der Waals surface area (Å²) >= 11 is 1.32. The van der Waals surface area contributed by atoms with Crippen LogP contribution < -0.4 is 5.56 Å². The van der Waals surface area contributed by atoms with Crippen LogP contribution in [0.3, 0.4) is 0 Å². The molecule has 3 aromatic rings. The normalized spacial score (nSPS) is 19.0. The number of esters is 1. The van der Waals surface area contributed by atoms with Crippen LogP contribution in [0.2, 0.25) is 0 Å². The Bertz CT molecular complexity index is 1140. The number of benzene rings is 1. The minimum absolute atomic E-state index is 0.0197. The van der Waals surface area contributed by atoms with Gasteiger partial charge in [0.05, 0.1) is 16.6 Å². The van der Waals surface area contributed by atoms with Crippen LogP contribution in [-0.4, -0.2) is 26.5 Å². The molecule has 0 bridgehead atoms. The van der Waals surface area contributed by atoms with Crippen LogP contribution >= 0.6 is 11.3 Å². The van der Waals surface area contributed by atoms with Crippen LogP contribution in [0.5, 0.6) is 0 Å². The lowest BCUT2D eigenvalue weighted by molar-refractivity contribution is -0.384. The molecule has 0 aliphatic heterocycles. The first-order chi connectivity index (χ1) is 14.4. The van der Waals surface area contributed by atoms with Crippen molar-refractivity contribution < 1.29 is 14.5 Å². The summed E-state index contributed by atoms with van der Waals surface area (Å²) < 4.78 is 6.82. The van der Waals surface area contributed by atoms with Crippen molar-refractivity contribution in [1.82, 2.24) is 9.55 Å². The lowest BCUT2D eigenvalue weighted by atomic mass is 9.89. The fraction of sp³-hybridized carbons (Fsp3) is 0.381. The summed E-state index contributed by atoms with van der Waals surface area (Å²) in [5, 5.41) is 13.1. The van der Waals surface area contributed by atoms with Crippen molar-refractivity contribution in [2.24, 2.45) is 5.92 Å². The first kappa shape index (κ1) is 20.2. The van der Waals surface area contributed by atoms with Crippen molar-refractivity contribution in [3.63, 3.8) is 0 Å². The molecule has 1 aromatic carbocycles. The molecule has 1 aliphatic carbocycles. The van der Waals surface area contributed by atoms with Crippen molar-refractivity contribution in [2.45, 2.75) is 45.3 Å². The molecule has 0 spiro atoms. The lowest BCUT2D eigenvalue weighted by Crippen LogP contribution is -2.29. The zero-order valence-corrected chi connectivity index (χ0v) is 17.3. The van der Waals surface area contributed by atoms with Crippen LogP contribution in [0.25, 0.3) is 21.3 Å². The molecule has 156 valence electrons. The molecule has 0 radical (unpaired) electrons. The molecular weight excluding hydrogens is 406 g/mol. The molecule has 4 rings (SSSR count). The van der Waals surface area contributed by atoms with Gasteiger partial charge in [-0.15, -0.1) is 11.3 Å². The molecule has 0 amide bonds. The van der Waals surface area contributed by atoms with E-state index in [0.717, 1.165) is 25.7 Å². The molecule has 8 nitrogen and oxygen atoms in total. The van der Waals surface area contributed by atoms with Gasteiger partial charge in [-0.25, -0.2) is 4.98 Å². The number of carbonyl (C=O) groups is 1. The summed E-state index contributed by atoms with van der Waals surface area (Å²) in [6.45, 7) is 2.01. The number of hydrogen-bond acceptors (Lipinski definition) is 7. The summed E-state index contributed by atoms with van der Waals surface area (Å²) in [5.74, 6) is 0.218. The third-order valence-electron chi connectivity index (χ3n) is 5.51. The Labute approximate surface area is 176 Å². The number of rotatable bonds is 5. The second kappa shape index (κ2) is 8.35. The topological polar surface area (TPSA) is 104 Å². The van der Waals surface area contributed by atoms with Gasteiger partial charge >= 0.3 is 5.97 Å². The maximum atomic E-state index is 13.0.